The van der Waals surface area contributed by atoms with Gasteiger partial charge < -0.3 is 4.74 Å². The average Bonchev–Trinajstić information content (AvgIpc) is 2.80. The van der Waals surface area contributed by atoms with Crippen LogP contribution in [-0.4, -0.2) is 12.1 Å². The molecular weight excluding hydrogens is 314 g/mol. The van der Waals surface area contributed by atoms with Crippen molar-refractivity contribution >= 4 is 23.4 Å². The van der Waals surface area contributed by atoms with Crippen LogP contribution in [0.4, 0.5) is 0 Å². The summed E-state index contributed by atoms with van der Waals surface area (Å²) in [5, 5.41) is 0. The highest BCUT2D eigenvalue weighted by molar-refractivity contribution is 7.98. The molecule has 0 N–H and O–H groups in total. The zero-order chi connectivity index (χ0) is 16.4. The number of hydrogen-bond donors (Lipinski definition) is 0. The van der Waals surface area contributed by atoms with E-state index in [1.165, 1.54) is 27.2 Å². The molecule has 2 heterocycles. The summed E-state index contributed by atoms with van der Waals surface area (Å²) >= 11 is 1.90. The van der Waals surface area contributed by atoms with E-state index in [4.69, 9.17) is 4.74 Å². The summed E-state index contributed by atoms with van der Waals surface area (Å²) in [6, 6.07) is 21.2. The summed E-state index contributed by atoms with van der Waals surface area (Å²) in [6.45, 7) is 0. The van der Waals surface area contributed by atoms with Gasteiger partial charge in [0.25, 0.3) is 0 Å². The second kappa shape index (κ2) is 6.54. The normalized spacial score (nSPS) is 14.6. The van der Waals surface area contributed by atoms with E-state index in [-0.39, 0.29) is 0 Å². The minimum atomic E-state index is 0.634. The molecule has 3 aromatic rings. The number of fused-ring (bicyclic) bond motifs is 2. The third-order valence-electron chi connectivity index (χ3n) is 4.15. The van der Waals surface area contributed by atoms with Crippen molar-refractivity contribution < 1.29 is 4.74 Å². The van der Waals surface area contributed by atoms with Gasteiger partial charge in [0.1, 0.15) is 0 Å². The van der Waals surface area contributed by atoms with Crippen LogP contribution in [0.2, 0.25) is 0 Å². The van der Waals surface area contributed by atoms with E-state index in [0.717, 1.165) is 11.3 Å². The maximum absolute atomic E-state index is 5.16. The van der Waals surface area contributed by atoms with Gasteiger partial charge in [-0.05, 0) is 46.0 Å². The highest BCUT2D eigenvalue weighted by atomic mass is 32.2. The number of hydrogen-bond acceptors (Lipinski definition) is 3. The van der Waals surface area contributed by atoms with E-state index in [2.05, 4.69) is 59.6 Å². The van der Waals surface area contributed by atoms with Crippen LogP contribution < -0.4 is 4.74 Å². The highest BCUT2D eigenvalue weighted by Crippen LogP contribution is 2.40. The van der Waals surface area contributed by atoms with Crippen LogP contribution in [0.5, 0.6) is 5.88 Å². The van der Waals surface area contributed by atoms with Gasteiger partial charge in [0, 0.05) is 22.9 Å². The summed E-state index contributed by atoms with van der Waals surface area (Å²) in [5.41, 5.74) is 6.26. The standard InChI is InChI=1S/C21H17NOS/c1-23-21-11-10-15(13-22-21)12-19-17-7-3-2-6-16(17)14-24-20-9-5-4-8-18(19)20/h2-13H,14H2,1H3. The smallest absolute Gasteiger partial charge is 0.212 e. The number of nitrogens with zero attached hydrogens (tertiary/aromatic N) is 1. The molecule has 0 amide bonds. The molecule has 0 aliphatic carbocycles. The van der Waals surface area contributed by atoms with Gasteiger partial charge in [0.05, 0.1) is 7.11 Å². The first-order valence-electron chi connectivity index (χ1n) is 7.87. The van der Waals surface area contributed by atoms with Crippen molar-refractivity contribution in [3.05, 3.63) is 89.1 Å². The average molecular weight is 331 g/mol. The van der Waals surface area contributed by atoms with Crippen LogP contribution in [0.15, 0.2) is 71.8 Å². The molecule has 2 aromatic carbocycles. The monoisotopic (exact) mass is 331 g/mol. The molecule has 0 fully saturated rings. The maximum atomic E-state index is 5.16. The molecule has 0 unspecified atom stereocenters. The minimum Gasteiger partial charge on any atom is -0.481 e. The number of aromatic nitrogens is 1. The number of thioether (sulfide) groups is 1. The van der Waals surface area contributed by atoms with Gasteiger partial charge in [-0.15, -0.1) is 11.8 Å². The van der Waals surface area contributed by atoms with Gasteiger partial charge in [0.2, 0.25) is 5.88 Å². The Morgan fingerprint density at radius 2 is 1.75 bits per heavy atom. The Hall–Kier alpha value is -2.52. The van der Waals surface area contributed by atoms with Crippen molar-refractivity contribution in [3.8, 4) is 5.88 Å². The lowest BCUT2D eigenvalue weighted by molar-refractivity contribution is 0.398. The van der Waals surface area contributed by atoms with Crippen molar-refractivity contribution in [2.75, 3.05) is 7.11 Å². The molecule has 3 heteroatoms. The van der Waals surface area contributed by atoms with Crippen LogP contribution in [-0.2, 0) is 5.75 Å². The van der Waals surface area contributed by atoms with Gasteiger partial charge in [0.15, 0.2) is 0 Å². The Morgan fingerprint density at radius 1 is 0.958 bits per heavy atom. The van der Waals surface area contributed by atoms with Crippen molar-refractivity contribution in [1.29, 1.82) is 0 Å². The predicted molar refractivity (Wildman–Crippen MR) is 100 cm³/mol. The van der Waals surface area contributed by atoms with Crippen LogP contribution in [0.1, 0.15) is 22.3 Å². The van der Waals surface area contributed by atoms with E-state index < -0.39 is 0 Å². The molecule has 0 atom stereocenters. The van der Waals surface area contributed by atoms with Gasteiger partial charge in [-0.2, -0.15) is 0 Å². The number of rotatable bonds is 2. The number of methoxy groups -OCH3 is 1. The van der Waals surface area contributed by atoms with E-state index >= 15 is 0 Å². The van der Waals surface area contributed by atoms with Crippen LogP contribution in [0.25, 0.3) is 11.6 Å². The van der Waals surface area contributed by atoms with Gasteiger partial charge >= 0.3 is 0 Å². The zero-order valence-corrected chi connectivity index (χ0v) is 14.2. The molecule has 4 rings (SSSR count). The topological polar surface area (TPSA) is 22.1 Å². The van der Waals surface area contributed by atoms with E-state index in [0.29, 0.717) is 5.88 Å². The van der Waals surface area contributed by atoms with Gasteiger partial charge in [-0.25, -0.2) is 4.98 Å². The quantitative estimate of drug-likeness (QED) is 0.637. The first kappa shape index (κ1) is 15.0. The maximum Gasteiger partial charge on any atom is 0.212 e. The summed E-state index contributed by atoms with van der Waals surface area (Å²) < 4.78 is 5.16. The Kier molecular flexibility index (Phi) is 4.09. The Balaban J connectivity index is 1.90. The van der Waals surface area contributed by atoms with E-state index in [9.17, 15) is 0 Å². The Morgan fingerprint density at radius 3 is 2.54 bits per heavy atom. The zero-order valence-electron chi connectivity index (χ0n) is 13.4. The fraction of sp³-hybridized carbons (Fsp3) is 0.0952. The molecule has 1 aliphatic rings. The molecule has 0 bridgehead atoms. The van der Waals surface area contributed by atoms with Gasteiger partial charge in [-0.1, -0.05) is 42.5 Å². The third-order valence-corrected chi connectivity index (χ3v) is 5.27. The van der Waals surface area contributed by atoms with Crippen molar-refractivity contribution in [3.63, 3.8) is 0 Å². The van der Waals surface area contributed by atoms with Crippen molar-refractivity contribution in [1.82, 2.24) is 4.98 Å². The molecule has 1 aliphatic heterocycles. The molecule has 0 saturated carbocycles. The van der Waals surface area contributed by atoms with Gasteiger partial charge in [-0.3, -0.25) is 0 Å². The molecule has 0 spiro atoms. The molecule has 118 valence electrons. The fourth-order valence-corrected chi connectivity index (χ4v) is 4.02. The minimum absolute atomic E-state index is 0.634. The molecule has 0 saturated heterocycles. The summed E-state index contributed by atoms with van der Waals surface area (Å²) in [7, 11) is 1.63. The molecule has 0 radical (unpaired) electrons. The predicted octanol–water partition coefficient (Wildman–Crippen LogP) is 5.28. The SMILES string of the molecule is COc1ccc(C=C2c3ccccc3CSc3ccccc32)cn1. The third kappa shape index (κ3) is 2.83. The summed E-state index contributed by atoms with van der Waals surface area (Å²) in [4.78, 5) is 5.65. The molecule has 1 aromatic heterocycles. The number of ether oxygens (including phenoxy) is 1. The lowest BCUT2D eigenvalue weighted by Crippen LogP contribution is -1.92. The molecular formula is C21H17NOS. The van der Waals surface area contributed by atoms with E-state index in [1.54, 1.807) is 7.11 Å². The second-order valence-corrected chi connectivity index (χ2v) is 6.65. The van der Waals surface area contributed by atoms with E-state index in [1.807, 2.05) is 30.1 Å². The van der Waals surface area contributed by atoms with Crippen molar-refractivity contribution in [2.24, 2.45) is 0 Å². The molecule has 24 heavy (non-hydrogen) atoms. The van der Waals surface area contributed by atoms with Crippen LogP contribution in [0, 0.1) is 0 Å². The van der Waals surface area contributed by atoms with Crippen molar-refractivity contribution in [2.45, 2.75) is 10.6 Å². The Bertz CT molecular complexity index is 850. The second-order valence-electron chi connectivity index (χ2n) is 5.63. The summed E-state index contributed by atoms with van der Waals surface area (Å²) in [6.07, 6.45) is 4.07. The lowest BCUT2D eigenvalue weighted by atomic mass is 9.93. The highest BCUT2D eigenvalue weighted by Gasteiger charge is 2.17. The van der Waals surface area contributed by atoms with Crippen LogP contribution in [0.3, 0.4) is 0 Å². The number of benzene rings is 2. The largest absolute Gasteiger partial charge is 0.481 e. The first-order valence-corrected chi connectivity index (χ1v) is 8.86. The summed E-state index contributed by atoms with van der Waals surface area (Å²) in [5.74, 6) is 1.63. The van der Waals surface area contributed by atoms with Crippen LogP contribution >= 0.6 is 11.8 Å². The fourth-order valence-electron chi connectivity index (χ4n) is 2.94. The first-order chi connectivity index (χ1) is 11.8. The molecule has 2 nitrogen and oxygen atoms in total. The number of pyridine rings is 1. The Labute approximate surface area is 146 Å². The lowest BCUT2D eigenvalue weighted by Gasteiger charge is -2.11.